The summed E-state index contributed by atoms with van der Waals surface area (Å²) >= 11 is 0. The van der Waals surface area contributed by atoms with Gasteiger partial charge in [-0.25, -0.2) is 0 Å². The van der Waals surface area contributed by atoms with Crippen LogP contribution in [-0.4, -0.2) is 47.4 Å². The molecule has 6 nitrogen and oxygen atoms in total. The summed E-state index contributed by atoms with van der Waals surface area (Å²) in [6.45, 7) is 4.85. The van der Waals surface area contributed by atoms with Crippen LogP contribution in [0.3, 0.4) is 0 Å². The zero-order valence-electron chi connectivity index (χ0n) is 39.9. The van der Waals surface area contributed by atoms with E-state index in [4.69, 9.17) is 4.74 Å². The monoisotopic (exact) mass is 844 g/mol. The predicted molar refractivity (Wildman–Crippen MR) is 259 cm³/mol. The van der Waals surface area contributed by atoms with E-state index in [1.54, 1.807) is 6.08 Å². The maximum Gasteiger partial charge on any atom is 0.305 e. The average molecular weight is 844 g/mol. The minimum absolute atomic E-state index is 0.0175. The van der Waals surface area contributed by atoms with Crippen LogP contribution in [0.25, 0.3) is 0 Å². The van der Waals surface area contributed by atoms with Gasteiger partial charge >= 0.3 is 5.97 Å². The zero-order valence-corrected chi connectivity index (χ0v) is 39.9. The van der Waals surface area contributed by atoms with Crippen LogP contribution in [0.15, 0.2) is 36.5 Å². The van der Waals surface area contributed by atoms with E-state index in [0.717, 1.165) is 64.2 Å². The van der Waals surface area contributed by atoms with Gasteiger partial charge in [-0.15, -0.1) is 0 Å². The first-order chi connectivity index (χ1) is 29.5. The molecule has 352 valence electrons. The Labute approximate surface area is 373 Å². The zero-order chi connectivity index (χ0) is 43.7. The molecule has 0 aromatic carbocycles. The summed E-state index contributed by atoms with van der Waals surface area (Å²) in [6.07, 6.45) is 60.0. The van der Waals surface area contributed by atoms with Crippen molar-refractivity contribution in [3.8, 4) is 0 Å². The number of hydrogen-bond acceptors (Lipinski definition) is 5. The summed E-state index contributed by atoms with van der Waals surface area (Å²) in [5.41, 5.74) is 0. The van der Waals surface area contributed by atoms with Crippen molar-refractivity contribution >= 4 is 11.9 Å². The van der Waals surface area contributed by atoms with Crippen LogP contribution in [0, 0.1) is 0 Å². The van der Waals surface area contributed by atoms with Crippen molar-refractivity contribution in [2.75, 3.05) is 13.2 Å². The summed E-state index contributed by atoms with van der Waals surface area (Å²) in [5.74, 6) is -0.0975. The van der Waals surface area contributed by atoms with E-state index in [1.165, 1.54) is 180 Å². The quantitative estimate of drug-likeness (QED) is 0.0322. The van der Waals surface area contributed by atoms with Crippen molar-refractivity contribution in [1.82, 2.24) is 5.32 Å². The highest BCUT2D eigenvalue weighted by Gasteiger charge is 2.18. The highest BCUT2D eigenvalue weighted by Crippen LogP contribution is 2.15. The molecule has 0 bridgehead atoms. The van der Waals surface area contributed by atoms with E-state index in [2.05, 4.69) is 43.5 Å². The summed E-state index contributed by atoms with van der Waals surface area (Å²) in [4.78, 5) is 24.5. The second-order valence-electron chi connectivity index (χ2n) is 17.9. The number of carbonyl (C=O) groups is 2. The van der Waals surface area contributed by atoms with Crippen molar-refractivity contribution in [3.63, 3.8) is 0 Å². The molecule has 0 aromatic rings. The van der Waals surface area contributed by atoms with E-state index in [0.29, 0.717) is 19.4 Å². The van der Waals surface area contributed by atoms with Gasteiger partial charge in [-0.1, -0.05) is 230 Å². The molecule has 60 heavy (non-hydrogen) atoms. The first kappa shape index (κ1) is 58.1. The molecular weight excluding hydrogens is 743 g/mol. The highest BCUT2D eigenvalue weighted by molar-refractivity contribution is 5.76. The number of aliphatic hydroxyl groups excluding tert-OH is 2. The van der Waals surface area contributed by atoms with Crippen LogP contribution in [-0.2, 0) is 14.3 Å². The summed E-state index contributed by atoms with van der Waals surface area (Å²) in [5, 5.41) is 23.0. The molecule has 0 aromatic heterocycles. The summed E-state index contributed by atoms with van der Waals surface area (Å²) < 4.78 is 5.46. The second kappa shape index (κ2) is 49.7. The standard InChI is InChI=1S/C54H101NO5/c1-3-5-7-9-11-13-15-17-18-19-24-28-32-36-40-44-48-54(59)60-49-45-41-37-33-29-25-21-20-23-27-31-35-39-43-47-53(58)55-51(50-56)52(57)46-42-38-34-30-26-22-16-14-12-10-8-6-4-2/h13,15,18-19,42,46,51-52,56-57H,3-12,14,16-17,20-41,43-45,47-50H2,1-2H3,(H,55,58)/b15-13-,19-18-,46-42+. The van der Waals surface area contributed by atoms with E-state index in [1.807, 2.05) is 6.08 Å². The minimum Gasteiger partial charge on any atom is -0.466 e. The van der Waals surface area contributed by atoms with Gasteiger partial charge in [-0.2, -0.15) is 0 Å². The van der Waals surface area contributed by atoms with Gasteiger partial charge in [0, 0.05) is 12.8 Å². The lowest BCUT2D eigenvalue weighted by Crippen LogP contribution is -2.45. The molecule has 2 unspecified atom stereocenters. The van der Waals surface area contributed by atoms with Gasteiger partial charge in [0.1, 0.15) is 0 Å². The van der Waals surface area contributed by atoms with Crippen molar-refractivity contribution in [2.24, 2.45) is 0 Å². The normalized spacial score (nSPS) is 12.9. The van der Waals surface area contributed by atoms with Crippen LogP contribution in [0.2, 0.25) is 0 Å². The number of hydrogen-bond donors (Lipinski definition) is 3. The minimum atomic E-state index is -0.851. The molecule has 0 radical (unpaired) electrons. The maximum absolute atomic E-state index is 12.4. The molecule has 0 fully saturated rings. The fourth-order valence-corrected chi connectivity index (χ4v) is 7.84. The number of amides is 1. The topological polar surface area (TPSA) is 95.9 Å². The third kappa shape index (κ3) is 45.6. The molecule has 0 aliphatic carbocycles. The molecule has 0 spiro atoms. The Hall–Kier alpha value is -1.92. The Morgan fingerprint density at radius 2 is 0.833 bits per heavy atom. The first-order valence-corrected chi connectivity index (χ1v) is 26.3. The third-order valence-electron chi connectivity index (χ3n) is 11.9. The number of esters is 1. The Bertz CT molecular complexity index is 977. The van der Waals surface area contributed by atoms with Gasteiger partial charge in [0.15, 0.2) is 0 Å². The molecule has 0 saturated heterocycles. The molecule has 0 aliphatic heterocycles. The van der Waals surface area contributed by atoms with E-state index >= 15 is 0 Å². The average Bonchev–Trinajstić information content (AvgIpc) is 3.25. The van der Waals surface area contributed by atoms with Gasteiger partial charge in [-0.05, 0) is 64.2 Å². The first-order valence-electron chi connectivity index (χ1n) is 26.3. The highest BCUT2D eigenvalue weighted by atomic mass is 16.5. The lowest BCUT2D eigenvalue weighted by molar-refractivity contribution is -0.143. The fourth-order valence-electron chi connectivity index (χ4n) is 7.84. The van der Waals surface area contributed by atoms with Crippen LogP contribution >= 0.6 is 0 Å². The van der Waals surface area contributed by atoms with Gasteiger partial charge in [0.05, 0.1) is 25.4 Å². The van der Waals surface area contributed by atoms with Gasteiger partial charge in [-0.3, -0.25) is 9.59 Å². The van der Waals surface area contributed by atoms with Crippen molar-refractivity contribution in [3.05, 3.63) is 36.5 Å². The van der Waals surface area contributed by atoms with Gasteiger partial charge in [0.25, 0.3) is 0 Å². The van der Waals surface area contributed by atoms with Crippen molar-refractivity contribution in [1.29, 1.82) is 0 Å². The third-order valence-corrected chi connectivity index (χ3v) is 11.9. The largest absolute Gasteiger partial charge is 0.466 e. The van der Waals surface area contributed by atoms with Crippen molar-refractivity contribution < 1.29 is 24.5 Å². The van der Waals surface area contributed by atoms with E-state index in [-0.39, 0.29) is 18.5 Å². The molecule has 0 aliphatic rings. The summed E-state index contributed by atoms with van der Waals surface area (Å²) in [6, 6.07) is -0.636. The summed E-state index contributed by atoms with van der Waals surface area (Å²) in [7, 11) is 0. The molecule has 2 atom stereocenters. The smallest absolute Gasteiger partial charge is 0.305 e. The number of nitrogens with one attached hydrogen (secondary N) is 1. The number of unbranched alkanes of at least 4 members (excludes halogenated alkanes) is 33. The van der Waals surface area contributed by atoms with Crippen LogP contribution < -0.4 is 5.32 Å². The lowest BCUT2D eigenvalue weighted by atomic mass is 10.0. The Morgan fingerprint density at radius 3 is 1.28 bits per heavy atom. The molecular formula is C54H101NO5. The molecule has 0 rings (SSSR count). The molecule has 0 heterocycles. The number of ether oxygens (including phenoxy) is 1. The lowest BCUT2D eigenvalue weighted by Gasteiger charge is -2.20. The molecule has 6 heteroatoms. The Kier molecular flexibility index (Phi) is 48.1. The molecule has 0 saturated carbocycles. The fraction of sp³-hybridized carbons (Fsp3) is 0.852. The van der Waals surface area contributed by atoms with Crippen LogP contribution in [0.1, 0.15) is 271 Å². The van der Waals surface area contributed by atoms with E-state index in [9.17, 15) is 19.8 Å². The van der Waals surface area contributed by atoms with Gasteiger partial charge < -0.3 is 20.3 Å². The number of allylic oxidation sites excluding steroid dienone is 5. The van der Waals surface area contributed by atoms with Gasteiger partial charge in [0.2, 0.25) is 5.91 Å². The predicted octanol–water partition coefficient (Wildman–Crippen LogP) is 15.7. The second-order valence-corrected chi connectivity index (χ2v) is 17.9. The SMILES string of the molecule is CCCCCC/C=C\C/C=C\CCCCCCCC(=O)OCCCCCCCCCCCCCCCCC(=O)NC(CO)C(O)/C=C/CCCCCCCCCCCCC. The van der Waals surface area contributed by atoms with Crippen LogP contribution in [0.4, 0.5) is 0 Å². The van der Waals surface area contributed by atoms with Crippen molar-refractivity contribution in [2.45, 2.75) is 283 Å². The van der Waals surface area contributed by atoms with Crippen LogP contribution in [0.5, 0.6) is 0 Å². The molecule has 1 amide bonds. The Balaban J connectivity index is 3.48. The Morgan fingerprint density at radius 1 is 0.467 bits per heavy atom. The number of rotatable bonds is 48. The molecule has 3 N–H and O–H groups in total. The number of aliphatic hydroxyl groups is 2. The maximum atomic E-state index is 12.4. The number of carbonyl (C=O) groups excluding carboxylic acids is 2. The van der Waals surface area contributed by atoms with E-state index < -0.39 is 12.1 Å².